The predicted octanol–water partition coefficient (Wildman–Crippen LogP) is 4.90. The van der Waals surface area contributed by atoms with Crippen LogP contribution in [0.4, 0.5) is 4.39 Å². The summed E-state index contributed by atoms with van der Waals surface area (Å²) in [4.78, 5) is 34.4. The van der Waals surface area contributed by atoms with Crippen molar-refractivity contribution in [2.45, 2.75) is 0 Å². The number of benzene rings is 3. The Balaban J connectivity index is 1.88. The normalized spacial score (nSPS) is 9.39. The molecule has 0 aromatic heterocycles. The van der Waals surface area contributed by atoms with E-state index in [4.69, 9.17) is 14.2 Å². The van der Waals surface area contributed by atoms with Crippen molar-refractivity contribution >= 4 is 17.9 Å². The van der Waals surface area contributed by atoms with Gasteiger partial charge in [0.05, 0.1) is 11.1 Å². The third kappa shape index (κ3) is 7.67. The van der Waals surface area contributed by atoms with E-state index in [0.717, 1.165) is 24.3 Å². The van der Waals surface area contributed by atoms with E-state index in [1.54, 1.807) is 36.4 Å². The van der Waals surface area contributed by atoms with Gasteiger partial charge in [-0.2, -0.15) is 0 Å². The molecule has 0 saturated carbocycles. The maximum absolute atomic E-state index is 14.9. The summed E-state index contributed by atoms with van der Waals surface area (Å²) < 4.78 is 30.1. The first-order chi connectivity index (χ1) is 18.3. The van der Waals surface area contributed by atoms with Crippen LogP contribution in [0.5, 0.6) is 17.2 Å². The number of ether oxygens (including phenoxy) is 3. The molecule has 3 aromatic carbocycles. The number of esters is 3. The molecule has 0 amide bonds. The molecule has 0 unspecified atom stereocenters. The van der Waals surface area contributed by atoms with Gasteiger partial charge in [0.15, 0.2) is 0 Å². The molecule has 38 heavy (non-hydrogen) atoms. The maximum atomic E-state index is 14.9. The zero-order valence-electron chi connectivity index (χ0n) is 20.0. The molecule has 186 valence electrons. The Morgan fingerprint density at radius 2 is 1.03 bits per heavy atom. The third-order valence-electron chi connectivity index (χ3n) is 4.61. The molecule has 7 heteroatoms. The summed E-state index contributed by atoms with van der Waals surface area (Å²) >= 11 is 0. The molecule has 3 aromatic rings. The zero-order chi connectivity index (χ0) is 27.5. The van der Waals surface area contributed by atoms with Gasteiger partial charge in [0.1, 0.15) is 23.1 Å². The predicted molar refractivity (Wildman–Crippen MR) is 139 cm³/mol. The van der Waals surface area contributed by atoms with E-state index in [9.17, 15) is 18.8 Å². The first kappa shape index (κ1) is 26.9. The fourth-order valence-corrected chi connectivity index (χ4v) is 2.79. The molecule has 0 atom stereocenters. The first-order valence-electron chi connectivity index (χ1n) is 10.9. The van der Waals surface area contributed by atoms with Gasteiger partial charge in [-0.1, -0.05) is 43.4 Å². The van der Waals surface area contributed by atoms with Crippen molar-refractivity contribution in [3.05, 3.63) is 127 Å². The number of carbonyl (C=O) groups is 3. The fraction of sp³-hybridized carbons (Fsp3) is 0. The first-order valence-corrected chi connectivity index (χ1v) is 10.9. The molecule has 0 radical (unpaired) electrons. The fourth-order valence-electron chi connectivity index (χ4n) is 2.79. The molecular formula is C31H19FO6. The highest BCUT2D eigenvalue weighted by atomic mass is 19.1. The number of hydrogen-bond acceptors (Lipinski definition) is 6. The van der Waals surface area contributed by atoms with E-state index in [1.807, 2.05) is 0 Å². The van der Waals surface area contributed by atoms with E-state index in [0.29, 0.717) is 22.6 Å². The second-order valence-corrected chi connectivity index (χ2v) is 7.25. The molecule has 0 aliphatic carbocycles. The Bertz CT molecular complexity index is 1540. The average molecular weight is 506 g/mol. The average Bonchev–Trinajstić information content (AvgIpc) is 2.93. The van der Waals surface area contributed by atoms with E-state index >= 15 is 0 Å². The minimum atomic E-state index is -0.753. The van der Waals surface area contributed by atoms with Crippen LogP contribution < -0.4 is 14.2 Å². The Morgan fingerprint density at radius 1 is 0.605 bits per heavy atom. The van der Waals surface area contributed by atoms with Crippen molar-refractivity contribution in [1.29, 1.82) is 0 Å². The molecule has 0 heterocycles. The number of hydrogen-bond donors (Lipinski definition) is 0. The Labute approximate surface area is 218 Å². The SMILES string of the molecule is C=CC(=O)Oc1ccc(C#Cc2cc(OC(=O)C=C)c(C#Cc3ccc(OC(=O)C=C)cc3)cc2F)cc1. The van der Waals surface area contributed by atoms with Crippen LogP contribution in [0.25, 0.3) is 0 Å². The van der Waals surface area contributed by atoms with Gasteiger partial charge in [-0.05, 0) is 54.6 Å². The lowest BCUT2D eigenvalue weighted by atomic mass is 10.1. The van der Waals surface area contributed by atoms with E-state index in [-0.39, 0.29) is 16.9 Å². The quantitative estimate of drug-likeness (QED) is 0.205. The summed E-state index contributed by atoms with van der Waals surface area (Å²) in [6.07, 6.45) is 3.05. The van der Waals surface area contributed by atoms with Gasteiger partial charge in [-0.15, -0.1) is 0 Å². The summed E-state index contributed by atoms with van der Waals surface area (Å²) in [5.74, 6) is 9.11. The molecule has 0 saturated heterocycles. The third-order valence-corrected chi connectivity index (χ3v) is 4.61. The minimum absolute atomic E-state index is 0.00341. The highest BCUT2D eigenvalue weighted by molar-refractivity contribution is 5.84. The van der Waals surface area contributed by atoms with Gasteiger partial charge >= 0.3 is 17.9 Å². The molecule has 0 N–H and O–H groups in total. The molecule has 0 fully saturated rings. The molecule has 0 aliphatic heterocycles. The molecule has 6 nitrogen and oxygen atoms in total. The van der Waals surface area contributed by atoms with Crippen LogP contribution in [0.15, 0.2) is 98.6 Å². The summed E-state index contributed by atoms with van der Waals surface area (Å²) in [7, 11) is 0. The van der Waals surface area contributed by atoms with Crippen molar-refractivity contribution in [2.24, 2.45) is 0 Å². The summed E-state index contributed by atoms with van der Waals surface area (Å²) in [6.45, 7) is 10.0. The second-order valence-electron chi connectivity index (χ2n) is 7.25. The van der Waals surface area contributed by atoms with Crippen LogP contribution in [-0.2, 0) is 14.4 Å². The van der Waals surface area contributed by atoms with Gasteiger partial charge in [-0.3, -0.25) is 0 Å². The lowest BCUT2D eigenvalue weighted by Crippen LogP contribution is -2.05. The summed E-state index contributed by atoms with van der Waals surface area (Å²) in [5, 5.41) is 0. The standard InChI is InChI=1S/C31H19FO6/c1-4-29(33)36-25-15-9-21(10-16-25)7-13-23-20-28(38-31(35)6-3)24(19-27(23)32)14-8-22-11-17-26(18-12-22)37-30(34)5-2/h4-6,9-12,15-20H,1-3H2. The highest BCUT2D eigenvalue weighted by Crippen LogP contribution is 2.23. The smallest absolute Gasteiger partial charge is 0.335 e. The summed E-state index contributed by atoms with van der Waals surface area (Å²) in [5.41, 5.74) is 1.14. The van der Waals surface area contributed by atoms with Gasteiger partial charge in [-0.25, -0.2) is 18.8 Å². The topological polar surface area (TPSA) is 78.9 Å². The van der Waals surface area contributed by atoms with Crippen molar-refractivity contribution in [3.8, 4) is 40.9 Å². The van der Waals surface area contributed by atoms with Crippen molar-refractivity contribution in [1.82, 2.24) is 0 Å². The molecule has 0 spiro atoms. The van der Waals surface area contributed by atoms with Crippen LogP contribution in [0.2, 0.25) is 0 Å². The lowest BCUT2D eigenvalue weighted by Gasteiger charge is -2.06. The second kappa shape index (κ2) is 12.9. The Kier molecular flexibility index (Phi) is 9.12. The van der Waals surface area contributed by atoms with E-state index in [1.165, 1.54) is 18.2 Å². The van der Waals surface area contributed by atoms with Crippen LogP contribution in [0.1, 0.15) is 22.3 Å². The van der Waals surface area contributed by atoms with Gasteiger partial charge in [0.2, 0.25) is 0 Å². The van der Waals surface area contributed by atoms with Crippen LogP contribution >= 0.6 is 0 Å². The van der Waals surface area contributed by atoms with Crippen molar-refractivity contribution < 1.29 is 33.0 Å². The van der Waals surface area contributed by atoms with Gasteiger partial charge in [0, 0.05) is 35.4 Å². The largest absolute Gasteiger partial charge is 0.423 e. The van der Waals surface area contributed by atoms with E-state index < -0.39 is 23.7 Å². The monoisotopic (exact) mass is 506 g/mol. The number of carbonyl (C=O) groups excluding carboxylic acids is 3. The van der Waals surface area contributed by atoms with Crippen LogP contribution in [-0.4, -0.2) is 17.9 Å². The Hall–Kier alpha value is -5.66. The van der Waals surface area contributed by atoms with Gasteiger partial charge in [0.25, 0.3) is 0 Å². The van der Waals surface area contributed by atoms with Crippen LogP contribution in [0.3, 0.4) is 0 Å². The zero-order valence-corrected chi connectivity index (χ0v) is 20.0. The highest BCUT2D eigenvalue weighted by Gasteiger charge is 2.11. The maximum Gasteiger partial charge on any atom is 0.335 e. The summed E-state index contributed by atoms with van der Waals surface area (Å²) in [6, 6.07) is 14.9. The number of halogens is 1. The van der Waals surface area contributed by atoms with Gasteiger partial charge < -0.3 is 14.2 Å². The minimum Gasteiger partial charge on any atom is -0.423 e. The number of rotatable bonds is 6. The van der Waals surface area contributed by atoms with E-state index in [2.05, 4.69) is 43.4 Å². The van der Waals surface area contributed by atoms with Crippen molar-refractivity contribution in [3.63, 3.8) is 0 Å². The molecule has 0 bridgehead atoms. The lowest BCUT2D eigenvalue weighted by molar-refractivity contribution is -0.129. The molecular weight excluding hydrogens is 487 g/mol. The molecule has 3 rings (SSSR count). The molecule has 0 aliphatic rings. The van der Waals surface area contributed by atoms with Crippen LogP contribution in [0, 0.1) is 29.5 Å². The van der Waals surface area contributed by atoms with Crippen molar-refractivity contribution in [2.75, 3.05) is 0 Å². The Morgan fingerprint density at radius 3 is 1.47 bits per heavy atom.